The summed E-state index contributed by atoms with van der Waals surface area (Å²) < 4.78 is 0. The van der Waals surface area contributed by atoms with E-state index in [0.717, 1.165) is 37.4 Å². The van der Waals surface area contributed by atoms with Crippen LogP contribution in [-0.4, -0.2) is 55.2 Å². The number of rotatable bonds is 5. The van der Waals surface area contributed by atoms with Crippen molar-refractivity contribution in [1.82, 2.24) is 4.90 Å². The largest absolute Gasteiger partial charge is 0.369 e. The van der Waals surface area contributed by atoms with Crippen LogP contribution in [0.15, 0.2) is 59.5 Å². The normalized spacial score (nSPS) is 18.1. The molecule has 0 aliphatic carbocycles. The SMILES string of the molecule is CC(C)SC1=C(c2ccccc2)C(=O)N(c2ccc(N3CCN(C)CC3)cc2)C1=O. The second-order valence-electron chi connectivity index (χ2n) is 7.99. The van der Waals surface area contributed by atoms with E-state index in [2.05, 4.69) is 16.8 Å². The van der Waals surface area contributed by atoms with Gasteiger partial charge in [0.05, 0.1) is 16.2 Å². The van der Waals surface area contributed by atoms with Gasteiger partial charge in [-0.3, -0.25) is 9.59 Å². The Morgan fingerprint density at radius 3 is 2.00 bits per heavy atom. The Kier molecular flexibility index (Phi) is 5.97. The summed E-state index contributed by atoms with van der Waals surface area (Å²) in [6.45, 7) is 8.09. The monoisotopic (exact) mass is 421 g/mol. The number of carbonyl (C=O) groups excluding carboxylic acids is 2. The van der Waals surface area contributed by atoms with Gasteiger partial charge in [0.15, 0.2) is 0 Å². The molecule has 2 amide bonds. The van der Waals surface area contributed by atoms with Gasteiger partial charge in [-0.1, -0.05) is 44.2 Å². The fourth-order valence-corrected chi connectivity index (χ4v) is 4.81. The molecule has 0 atom stereocenters. The molecule has 2 aliphatic heterocycles. The van der Waals surface area contributed by atoms with Crippen molar-refractivity contribution in [2.24, 2.45) is 0 Å². The first kappa shape index (κ1) is 20.7. The fraction of sp³-hybridized carbons (Fsp3) is 0.333. The Balaban J connectivity index is 1.62. The number of carbonyl (C=O) groups is 2. The molecule has 30 heavy (non-hydrogen) atoms. The van der Waals surface area contributed by atoms with E-state index in [0.29, 0.717) is 16.2 Å². The highest BCUT2D eigenvalue weighted by atomic mass is 32.2. The van der Waals surface area contributed by atoms with Crippen LogP contribution in [0.1, 0.15) is 19.4 Å². The van der Waals surface area contributed by atoms with Crippen molar-refractivity contribution >= 4 is 40.5 Å². The van der Waals surface area contributed by atoms with Crippen molar-refractivity contribution in [1.29, 1.82) is 0 Å². The van der Waals surface area contributed by atoms with Gasteiger partial charge >= 0.3 is 0 Å². The minimum atomic E-state index is -0.248. The lowest BCUT2D eigenvalue weighted by atomic mass is 10.1. The van der Waals surface area contributed by atoms with Gasteiger partial charge in [0.25, 0.3) is 11.8 Å². The van der Waals surface area contributed by atoms with E-state index in [1.54, 1.807) is 0 Å². The molecule has 6 heteroatoms. The predicted octanol–water partition coefficient (Wildman–Crippen LogP) is 3.86. The summed E-state index contributed by atoms with van der Waals surface area (Å²) >= 11 is 1.46. The lowest BCUT2D eigenvalue weighted by molar-refractivity contribution is -0.119. The molecule has 0 radical (unpaired) electrons. The van der Waals surface area contributed by atoms with Crippen LogP contribution >= 0.6 is 11.8 Å². The van der Waals surface area contributed by atoms with E-state index in [1.165, 1.54) is 16.7 Å². The van der Waals surface area contributed by atoms with Gasteiger partial charge in [-0.2, -0.15) is 0 Å². The van der Waals surface area contributed by atoms with Crippen LogP contribution in [0.5, 0.6) is 0 Å². The van der Waals surface area contributed by atoms with Gasteiger partial charge in [0, 0.05) is 37.1 Å². The number of piperazine rings is 1. The Labute approximate surface area is 182 Å². The zero-order valence-corrected chi connectivity index (χ0v) is 18.5. The minimum Gasteiger partial charge on any atom is -0.369 e. The van der Waals surface area contributed by atoms with Crippen molar-refractivity contribution in [3.63, 3.8) is 0 Å². The second-order valence-corrected chi connectivity index (χ2v) is 9.58. The van der Waals surface area contributed by atoms with E-state index >= 15 is 0 Å². The summed E-state index contributed by atoms with van der Waals surface area (Å²) in [6, 6.07) is 17.3. The van der Waals surface area contributed by atoms with Crippen LogP contribution in [-0.2, 0) is 9.59 Å². The third-order valence-electron chi connectivity index (χ3n) is 5.43. The van der Waals surface area contributed by atoms with Crippen molar-refractivity contribution in [3.05, 3.63) is 65.1 Å². The average Bonchev–Trinajstić information content (AvgIpc) is 2.98. The van der Waals surface area contributed by atoms with E-state index in [9.17, 15) is 9.59 Å². The Morgan fingerprint density at radius 1 is 0.800 bits per heavy atom. The van der Waals surface area contributed by atoms with Gasteiger partial charge in [0.1, 0.15) is 0 Å². The zero-order chi connectivity index (χ0) is 21.3. The van der Waals surface area contributed by atoms with Crippen LogP contribution < -0.4 is 9.80 Å². The average molecular weight is 422 g/mol. The molecule has 0 saturated carbocycles. The maximum Gasteiger partial charge on any atom is 0.272 e. The third-order valence-corrected chi connectivity index (χ3v) is 6.52. The molecule has 0 unspecified atom stereocenters. The van der Waals surface area contributed by atoms with E-state index < -0.39 is 0 Å². The molecule has 2 aromatic carbocycles. The maximum atomic E-state index is 13.3. The number of likely N-dealkylation sites (N-methyl/N-ethyl adjacent to an activating group) is 1. The highest BCUT2D eigenvalue weighted by Gasteiger charge is 2.40. The number of imide groups is 1. The Bertz CT molecular complexity index is 962. The molecule has 0 bridgehead atoms. The number of hydrogen-bond donors (Lipinski definition) is 0. The van der Waals surface area contributed by atoms with Crippen LogP contribution in [0.25, 0.3) is 5.57 Å². The predicted molar refractivity (Wildman–Crippen MR) is 125 cm³/mol. The second kappa shape index (κ2) is 8.66. The van der Waals surface area contributed by atoms with E-state index in [4.69, 9.17) is 0 Å². The first-order valence-electron chi connectivity index (χ1n) is 10.3. The first-order chi connectivity index (χ1) is 14.5. The van der Waals surface area contributed by atoms with Gasteiger partial charge in [-0.15, -0.1) is 11.8 Å². The van der Waals surface area contributed by atoms with Crippen molar-refractivity contribution in [2.45, 2.75) is 19.1 Å². The highest BCUT2D eigenvalue weighted by molar-refractivity contribution is 8.04. The number of anilines is 2. The summed E-state index contributed by atoms with van der Waals surface area (Å²) in [4.78, 5) is 33.1. The lowest BCUT2D eigenvalue weighted by Gasteiger charge is -2.34. The number of amides is 2. The zero-order valence-electron chi connectivity index (χ0n) is 17.7. The number of hydrogen-bond acceptors (Lipinski definition) is 5. The molecule has 0 aromatic heterocycles. The molecule has 2 aliphatic rings. The standard InChI is InChI=1S/C24H27N3O2S/c1-17(2)30-22-21(18-7-5-4-6-8-18)23(28)27(24(22)29)20-11-9-19(10-12-20)26-15-13-25(3)14-16-26/h4-12,17H,13-16H2,1-3H3. The van der Waals surface area contributed by atoms with Gasteiger partial charge < -0.3 is 9.80 Å². The third kappa shape index (κ3) is 4.02. The summed E-state index contributed by atoms with van der Waals surface area (Å²) in [5.41, 5.74) is 3.03. The smallest absolute Gasteiger partial charge is 0.272 e. The van der Waals surface area contributed by atoms with Crippen LogP contribution in [0.2, 0.25) is 0 Å². The van der Waals surface area contributed by atoms with E-state index in [-0.39, 0.29) is 17.1 Å². The Hall–Kier alpha value is -2.57. The van der Waals surface area contributed by atoms with E-state index in [1.807, 2.05) is 68.4 Å². The molecule has 156 valence electrons. The van der Waals surface area contributed by atoms with Crippen molar-refractivity contribution < 1.29 is 9.59 Å². The molecular weight excluding hydrogens is 394 g/mol. The molecule has 0 N–H and O–H groups in total. The molecule has 0 spiro atoms. The fourth-order valence-electron chi connectivity index (χ4n) is 3.83. The lowest BCUT2D eigenvalue weighted by Crippen LogP contribution is -2.44. The number of benzene rings is 2. The summed E-state index contributed by atoms with van der Waals surface area (Å²) in [7, 11) is 2.13. The number of nitrogens with zero attached hydrogens (tertiary/aromatic N) is 3. The Morgan fingerprint density at radius 2 is 1.40 bits per heavy atom. The topological polar surface area (TPSA) is 43.9 Å². The summed E-state index contributed by atoms with van der Waals surface area (Å²) in [5, 5.41) is 0.204. The molecule has 1 fully saturated rings. The van der Waals surface area contributed by atoms with Gasteiger partial charge in [-0.25, -0.2) is 4.90 Å². The van der Waals surface area contributed by atoms with Gasteiger partial charge in [0.2, 0.25) is 0 Å². The highest BCUT2D eigenvalue weighted by Crippen LogP contribution is 2.40. The minimum absolute atomic E-state index is 0.204. The van der Waals surface area contributed by atoms with Crippen molar-refractivity contribution in [2.75, 3.05) is 43.0 Å². The number of thioether (sulfide) groups is 1. The van der Waals surface area contributed by atoms with Crippen LogP contribution in [0, 0.1) is 0 Å². The molecular formula is C24H27N3O2S. The van der Waals surface area contributed by atoms with Gasteiger partial charge in [-0.05, 0) is 36.9 Å². The van der Waals surface area contributed by atoms with Crippen LogP contribution in [0.4, 0.5) is 11.4 Å². The molecule has 1 saturated heterocycles. The molecule has 5 nitrogen and oxygen atoms in total. The summed E-state index contributed by atoms with van der Waals surface area (Å²) in [5.74, 6) is -0.480. The molecule has 4 rings (SSSR count). The van der Waals surface area contributed by atoms with Crippen molar-refractivity contribution in [3.8, 4) is 0 Å². The first-order valence-corrected chi connectivity index (χ1v) is 11.2. The van der Waals surface area contributed by atoms with Crippen LogP contribution in [0.3, 0.4) is 0 Å². The molecule has 2 aromatic rings. The summed E-state index contributed by atoms with van der Waals surface area (Å²) in [6.07, 6.45) is 0. The quantitative estimate of drug-likeness (QED) is 0.686. The molecule has 2 heterocycles. The maximum absolute atomic E-state index is 13.3.